The van der Waals surface area contributed by atoms with Crippen LogP contribution in [0, 0.1) is 11.7 Å². The minimum Gasteiger partial charge on any atom is -0.396 e. The Balaban J connectivity index is 1.89. The van der Waals surface area contributed by atoms with E-state index < -0.39 is 5.82 Å². The number of nitrogens with one attached hydrogen (secondary N) is 1. The van der Waals surface area contributed by atoms with Crippen molar-refractivity contribution in [3.8, 4) is 0 Å². The average molecular weight is 293 g/mol. The van der Waals surface area contributed by atoms with Crippen LogP contribution >= 0.6 is 0 Å². The van der Waals surface area contributed by atoms with E-state index in [9.17, 15) is 18.8 Å². The Morgan fingerprint density at radius 2 is 2.19 bits per heavy atom. The molecule has 1 aromatic carbocycles. The maximum atomic E-state index is 13.0. The van der Waals surface area contributed by atoms with E-state index in [2.05, 4.69) is 5.32 Å². The summed E-state index contributed by atoms with van der Waals surface area (Å²) in [6.07, 6.45) is 0.177. The maximum Gasteiger partial charge on any atom is 0.232 e. The zero-order valence-electron chi connectivity index (χ0n) is 11.6. The smallest absolute Gasteiger partial charge is 0.232 e. The molecule has 1 heterocycles. The first-order valence-electron chi connectivity index (χ1n) is 6.57. The SMILES string of the molecule is CC1CC(=O)N(CCC(=O)Nc2ccc(F)c(N)c2)C1=O. The summed E-state index contributed by atoms with van der Waals surface area (Å²) >= 11 is 0. The summed E-state index contributed by atoms with van der Waals surface area (Å²) in [7, 11) is 0. The van der Waals surface area contributed by atoms with Crippen molar-refractivity contribution in [2.24, 2.45) is 5.92 Å². The second-order valence-electron chi connectivity index (χ2n) is 5.02. The highest BCUT2D eigenvalue weighted by molar-refractivity contribution is 6.03. The summed E-state index contributed by atoms with van der Waals surface area (Å²) in [6, 6.07) is 3.85. The standard InChI is InChI=1S/C14H16FN3O3/c1-8-6-13(20)18(14(8)21)5-4-12(19)17-9-2-3-10(15)11(16)7-9/h2-3,7-8H,4-6,16H2,1H3,(H,17,19). The molecule has 0 spiro atoms. The zero-order chi connectivity index (χ0) is 15.6. The number of anilines is 2. The number of halogens is 1. The molecule has 6 nitrogen and oxygen atoms in total. The van der Waals surface area contributed by atoms with Gasteiger partial charge in [0.05, 0.1) is 5.69 Å². The van der Waals surface area contributed by atoms with Crippen LogP contribution in [0.4, 0.5) is 15.8 Å². The number of imide groups is 1. The number of amides is 3. The molecule has 1 saturated heterocycles. The molecule has 3 N–H and O–H groups in total. The van der Waals surface area contributed by atoms with Gasteiger partial charge in [-0.15, -0.1) is 0 Å². The number of benzene rings is 1. The van der Waals surface area contributed by atoms with Crippen LogP contribution in [0.1, 0.15) is 19.8 Å². The quantitative estimate of drug-likeness (QED) is 0.643. The third-order valence-electron chi connectivity index (χ3n) is 3.31. The number of likely N-dealkylation sites (tertiary alicyclic amines) is 1. The molecule has 2 rings (SSSR count). The van der Waals surface area contributed by atoms with Gasteiger partial charge in [-0.2, -0.15) is 0 Å². The highest BCUT2D eigenvalue weighted by Crippen LogP contribution is 2.19. The van der Waals surface area contributed by atoms with E-state index in [1.807, 2.05) is 0 Å². The van der Waals surface area contributed by atoms with Crippen LogP contribution in [-0.4, -0.2) is 29.2 Å². The Kier molecular flexibility index (Phi) is 4.21. The molecule has 0 saturated carbocycles. The molecule has 1 unspecified atom stereocenters. The lowest BCUT2D eigenvalue weighted by Gasteiger charge is -2.14. The van der Waals surface area contributed by atoms with Crippen molar-refractivity contribution in [1.82, 2.24) is 4.90 Å². The van der Waals surface area contributed by atoms with Gasteiger partial charge in [0.1, 0.15) is 5.82 Å². The molecule has 0 aliphatic carbocycles. The van der Waals surface area contributed by atoms with Crippen LogP contribution in [-0.2, 0) is 14.4 Å². The van der Waals surface area contributed by atoms with Gasteiger partial charge in [-0.3, -0.25) is 19.3 Å². The molecule has 112 valence electrons. The van der Waals surface area contributed by atoms with Gasteiger partial charge < -0.3 is 11.1 Å². The summed E-state index contributed by atoms with van der Waals surface area (Å²) in [5.74, 6) is -1.76. The van der Waals surface area contributed by atoms with Gasteiger partial charge in [-0.1, -0.05) is 6.92 Å². The van der Waals surface area contributed by atoms with Crippen LogP contribution in [0.3, 0.4) is 0 Å². The molecule has 7 heteroatoms. The molecule has 1 aliphatic rings. The lowest BCUT2D eigenvalue weighted by atomic mass is 10.1. The molecule has 3 amide bonds. The lowest BCUT2D eigenvalue weighted by molar-refractivity contribution is -0.139. The first-order valence-corrected chi connectivity index (χ1v) is 6.57. The van der Waals surface area contributed by atoms with Crippen molar-refractivity contribution in [2.45, 2.75) is 19.8 Å². The maximum absolute atomic E-state index is 13.0. The number of carbonyl (C=O) groups is 3. The second-order valence-corrected chi connectivity index (χ2v) is 5.02. The fourth-order valence-electron chi connectivity index (χ4n) is 2.14. The van der Waals surface area contributed by atoms with Crippen LogP contribution < -0.4 is 11.1 Å². The number of nitrogens with two attached hydrogens (primary N) is 1. The molecule has 1 aromatic rings. The summed E-state index contributed by atoms with van der Waals surface area (Å²) in [6.45, 7) is 1.73. The van der Waals surface area contributed by atoms with E-state index in [0.29, 0.717) is 5.69 Å². The van der Waals surface area contributed by atoms with E-state index in [-0.39, 0.29) is 48.7 Å². The normalized spacial score (nSPS) is 18.2. The molecule has 0 radical (unpaired) electrons. The Morgan fingerprint density at radius 1 is 1.48 bits per heavy atom. The van der Waals surface area contributed by atoms with Gasteiger partial charge in [-0.05, 0) is 18.2 Å². The van der Waals surface area contributed by atoms with Crippen molar-refractivity contribution in [3.63, 3.8) is 0 Å². The predicted molar refractivity (Wildman–Crippen MR) is 74.6 cm³/mol. The Labute approximate surface area is 121 Å². The Morgan fingerprint density at radius 3 is 2.76 bits per heavy atom. The van der Waals surface area contributed by atoms with E-state index in [0.717, 1.165) is 11.0 Å². The fraction of sp³-hybridized carbons (Fsp3) is 0.357. The second kappa shape index (κ2) is 5.90. The van der Waals surface area contributed by atoms with E-state index in [1.54, 1.807) is 6.92 Å². The lowest BCUT2D eigenvalue weighted by Crippen LogP contribution is -2.33. The van der Waals surface area contributed by atoms with Crippen LogP contribution in [0.15, 0.2) is 18.2 Å². The summed E-state index contributed by atoms with van der Waals surface area (Å²) < 4.78 is 13.0. The number of nitrogens with zero attached hydrogens (tertiary/aromatic N) is 1. The van der Waals surface area contributed by atoms with E-state index in [1.165, 1.54) is 12.1 Å². The van der Waals surface area contributed by atoms with Crippen LogP contribution in [0.25, 0.3) is 0 Å². The highest BCUT2D eigenvalue weighted by Gasteiger charge is 2.35. The van der Waals surface area contributed by atoms with Gasteiger partial charge in [0, 0.05) is 31.0 Å². The van der Waals surface area contributed by atoms with Crippen LogP contribution in [0.5, 0.6) is 0 Å². The minimum absolute atomic E-state index is 0.0124. The summed E-state index contributed by atoms with van der Waals surface area (Å²) in [5.41, 5.74) is 5.70. The first-order chi connectivity index (χ1) is 9.88. The highest BCUT2D eigenvalue weighted by atomic mass is 19.1. The minimum atomic E-state index is -0.560. The molecular formula is C14H16FN3O3. The molecule has 21 heavy (non-hydrogen) atoms. The third-order valence-corrected chi connectivity index (χ3v) is 3.31. The van der Waals surface area contributed by atoms with Crippen molar-refractivity contribution in [1.29, 1.82) is 0 Å². The fourth-order valence-corrected chi connectivity index (χ4v) is 2.14. The predicted octanol–water partition coefficient (Wildman–Crippen LogP) is 1.13. The number of carbonyl (C=O) groups excluding carboxylic acids is 3. The van der Waals surface area contributed by atoms with Crippen molar-refractivity contribution >= 4 is 29.1 Å². The van der Waals surface area contributed by atoms with Gasteiger partial charge >= 0.3 is 0 Å². The van der Waals surface area contributed by atoms with Gasteiger partial charge in [0.15, 0.2) is 0 Å². The van der Waals surface area contributed by atoms with Crippen molar-refractivity contribution < 1.29 is 18.8 Å². The Bertz CT molecular complexity index is 603. The molecule has 0 aromatic heterocycles. The van der Waals surface area contributed by atoms with Crippen molar-refractivity contribution in [2.75, 3.05) is 17.6 Å². The van der Waals surface area contributed by atoms with Gasteiger partial charge in [0.25, 0.3) is 0 Å². The monoisotopic (exact) mass is 293 g/mol. The zero-order valence-corrected chi connectivity index (χ0v) is 11.6. The molecular weight excluding hydrogens is 277 g/mol. The first kappa shape index (κ1) is 15.0. The largest absolute Gasteiger partial charge is 0.396 e. The average Bonchev–Trinajstić information content (AvgIpc) is 2.66. The third kappa shape index (κ3) is 3.36. The Hall–Kier alpha value is -2.44. The molecule has 1 aliphatic heterocycles. The number of nitrogen functional groups attached to an aromatic ring is 1. The topological polar surface area (TPSA) is 92.5 Å². The molecule has 0 bridgehead atoms. The molecule has 1 fully saturated rings. The van der Waals surface area contributed by atoms with E-state index >= 15 is 0 Å². The van der Waals surface area contributed by atoms with Crippen LogP contribution in [0.2, 0.25) is 0 Å². The van der Waals surface area contributed by atoms with Gasteiger partial charge in [-0.25, -0.2) is 4.39 Å². The number of hydrogen-bond acceptors (Lipinski definition) is 4. The molecule has 1 atom stereocenters. The number of rotatable bonds is 4. The summed E-state index contributed by atoms with van der Waals surface area (Å²) in [5, 5.41) is 2.54. The number of hydrogen-bond donors (Lipinski definition) is 2. The van der Waals surface area contributed by atoms with Crippen molar-refractivity contribution in [3.05, 3.63) is 24.0 Å². The van der Waals surface area contributed by atoms with E-state index in [4.69, 9.17) is 5.73 Å². The summed E-state index contributed by atoms with van der Waals surface area (Å²) in [4.78, 5) is 36.1. The van der Waals surface area contributed by atoms with Gasteiger partial charge in [0.2, 0.25) is 17.7 Å².